The van der Waals surface area contributed by atoms with Gasteiger partial charge in [0.15, 0.2) is 0 Å². The van der Waals surface area contributed by atoms with Gasteiger partial charge >= 0.3 is 0 Å². The summed E-state index contributed by atoms with van der Waals surface area (Å²) in [6.45, 7) is 4.34. The molecular weight excluding hydrogens is 266 g/mol. The second kappa shape index (κ2) is 8.47. The number of benzene rings is 1. The normalized spacial score (nSPS) is 10.7. The van der Waals surface area contributed by atoms with E-state index in [9.17, 15) is 13.6 Å². The fourth-order valence-electron chi connectivity index (χ4n) is 1.74. The van der Waals surface area contributed by atoms with E-state index in [0.717, 1.165) is 17.8 Å². The fourth-order valence-corrected chi connectivity index (χ4v) is 1.74. The molecule has 0 heterocycles. The highest BCUT2D eigenvalue weighted by atomic mass is 19.3. The molecule has 6 heteroatoms. The highest BCUT2D eigenvalue weighted by Gasteiger charge is 2.09. The first kappa shape index (κ1) is 16.4. The number of halogens is 2. The lowest BCUT2D eigenvalue weighted by atomic mass is 10.1. The minimum Gasteiger partial charge on any atom is -0.385 e. The van der Waals surface area contributed by atoms with Crippen LogP contribution in [0.3, 0.4) is 0 Å². The average Bonchev–Trinajstić information content (AvgIpc) is 2.38. The van der Waals surface area contributed by atoms with Crippen LogP contribution in [-0.2, 0) is 4.74 Å². The SMILES string of the molecule is CCNc1ccc(C(=O)NCCOCC(F)F)c(C)c1. The first-order valence-electron chi connectivity index (χ1n) is 6.53. The zero-order valence-electron chi connectivity index (χ0n) is 11.7. The summed E-state index contributed by atoms with van der Waals surface area (Å²) in [5.41, 5.74) is 2.39. The number of rotatable bonds is 8. The molecule has 1 aromatic carbocycles. The Kier molecular flexibility index (Phi) is 6.93. The molecule has 2 N–H and O–H groups in total. The van der Waals surface area contributed by atoms with Gasteiger partial charge < -0.3 is 15.4 Å². The molecule has 0 saturated heterocycles. The van der Waals surface area contributed by atoms with Crippen LogP contribution >= 0.6 is 0 Å². The van der Waals surface area contributed by atoms with Crippen molar-refractivity contribution in [3.05, 3.63) is 29.3 Å². The van der Waals surface area contributed by atoms with E-state index in [1.54, 1.807) is 6.07 Å². The molecule has 1 aromatic rings. The van der Waals surface area contributed by atoms with Crippen molar-refractivity contribution in [2.75, 3.05) is 31.6 Å². The number of hydrogen-bond donors (Lipinski definition) is 2. The summed E-state index contributed by atoms with van der Waals surface area (Å²) < 4.78 is 28.3. The monoisotopic (exact) mass is 286 g/mol. The molecule has 1 amide bonds. The number of carbonyl (C=O) groups is 1. The molecule has 0 spiro atoms. The number of aryl methyl sites for hydroxylation is 1. The molecule has 112 valence electrons. The van der Waals surface area contributed by atoms with Crippen molar-refractivity contribution in [3.63, 3.8) is 0 Å². The summed E-state index contributed by atoms with van der Waals surface area (Å²) in [5.74, 6) is -0.230. The minimum absolute atomic E-state index is 0.0740. The topological polar surface area (TPSA) is 50.4 Å². The summed E-state index contributed by atoms with van der Waals surface area (Å²) in [6.07, 6.45) is -2.48. The Balaban J connectivity index is 2.43. The minimum atomic E-state index is -2.48. The Labute approximate surface area is 117 Å². The molecule has 0 fully saturated rings. The summed E-state index contributed by atoms with van der Waals surface area (Å²) in [4.78, 5) is 11.9. The molecule has 0 unspecified atom stereocenters. The smallest absolute Gasteiger partial charge is 0.261 e. The largest absolute Gasteiger partial charge is 0.385 e. The lowest BCUT2D eigenvalue weighted by Crippen LogP contribution is -2.28. The summed E-state index contributed by atoms with van der Waals surface area (Å²) in [7, 11) is 0. The van der Waals surface area contributed by atoms with E-state index >= 15 is 0 Å². The standard InChI is InChI=1S/C14H20F2N2O2/c1-3-17-11-4-5-12(10(2)8-11)14(19)18-6-7-20-9-13(15)16/h4-5,8,13,17H,3,6-7,9H2,1-2H3,(H,18,19). The van der Waals surface area contributed by atoms with Crippen LogP contribution in [0.1, 0.15) is 22.8 Å². The number of alkyl halides is 2. The summed E-state index contributed by atoms with van der Waals surface area (Å²) in [6, 6.07) is 5.47. The van der Waals surface area contributed by atoms with Crippen LogP contribution in [0.5, 0.6) is 0 Å². The molecule has 1 rings (SSSR count). The van der Waals surface area contributed by atoms with Gasteiger partial charge in [0.05, 0.1) is 6.61 Å². The second-order valence-corrected chi connectivity index (χ2v) is 4.28. The number of anilines is 1. The van der Waals surface area contributed by atoms with E-state index in [2.05, 4.69) is 15.4 Å². The third kappa shape index (κ3) is 5.52. The Morgan fingerprint density at radius 3 is 2.75 bits per heavy atom. The van der Waals surface area contributed by atoms with E-state index in [-0.39, 0.29) is 19.1 Å². The molecule has 0 atom stereocenters. The van der Waals surface area contributed by atoms with Crippen molar-refractivity contribution in [3.8, 4) is 0 Å². The Bertz CT molecular complexity index is 439. The number of carbonyl (C=O) groups excluding carboxylic acids is 1. The average molecular weight is 286 g/mol. The van der Waals surface area contributed by atoms with Crippen LogP contribution in [0.15, 0.2) is 18.2 Å². The third-order valence-corrected chi connectivity index (χ3v) is 2.63. The molecule has 0 saturated carbocycles. The van der Waals surface area contributed by atoms with Crippen molar-refractivity contribution in [1.82, 2.24) is 5.32 Å². The predicted molar refractivity (Wildman–Crippen MR) is 74.5 cm³/mol. The number of nitrogens with one attached hydrogen (secondary N) is 2. The first-order chi connectivity index (χ1) is 9.54. The third-order valence-electron chi connectivity index (χ3n) is 2.63. The highest BCUT2D eigenvalue weighted by molar-refractivity contribution is 5.96. The molecule has 0 radical (unpaired) electrons. The maximum absolute atomic E-state index is 11.9. The van der Waals surface area contributed by atoms with E-state index in [1.165, 1.54) is 0 Å². The van der Waals surface area contributed by atoms with E-state index in [4.69, 9.17) is 0 Å². The van der Waals surface area contributed by atoms with Crippen LogP contribution in [0.2, 0.25) is 0 Å². The zero-order chi connectivity index (χ0) is 15.0. The van der Waals surface area contributed by atoms with Gasteiger partial charge in [0, 0.05) is 24.3 Å². The number of hydrogen-bond acceptors (Lipinski definition) is 3. The zero-order valence-corrected chi connectivity index (χ0v) is 11.7. The molecule has 0 aliphatic heterocycles. The van der Waals surface area contributed by atoms with Crippen molar-refractivity contribution in [2.45, 2.75) is 20.3 Å². The van der Waals surface area contributed by atoms with Crippen LogP contribution < -0.4 is 10.6 Å². The second-order valence-electron chi connectivity index (χ2n) is 4.28. The van der Waals surface area contributed by atoms with E-state index in [0.29, 0.717) is 5.56 Å². The lowest BCUT2D eigenvalue weighted by Gasteiger charge is -2.10. The maximum atomic E-state index is 11.9. The van der Waals surface area contributed by atoms with Gasteiger partial charge in [0.25, 0.3) is 12.3 Å². The molecule has 20 heavy (non-hydrogen) atoms. The molecule has 0 aromatic heterocycles. The molecule has 0 aliphatic carbocycles. The van der Waals surface area contributed by atoms with Gasteiger partial charge in [-0.05, 0) is 37.6 Å². The summed E-state index contributed by atoms with van der Waals surface area (Å²) >= 11 is 0. The predicted octanol–water partition coefficient (Wildman–Crippen LogP) is 2.44. The van der Waals surface area contributed by atoms with Crippen LogP contribution in [-0.4, -0.2) is 38.6 Å². The Hall–Kier alpha value is -1.69. The molecule has 4 nitrogen and oxygen atoms in total. The van der Waals surface area contributed by atoms with Crippen molar-refractivity contribution < 1.29 is 18.3 Å². The quantitative estimate of drug-likeness (QED) is 0.722. The van der Waals surface area contributed by atoms with Crippen LogP contribution in [0.25, 0.3) is 0 Å². The van der Waals surface area contributed by atoms with Crippen molar-refractivity contribution in [1.29, 1.82) is 0 Å². The van der Waals surface area contributed by atoms with Crippen LogP contribution in [0.4, 0.5) is 14.5 Å². The van der Waals surface area contributed by atoms with E-state index in [1.807, 2.05) is 26.0 Å². The van der Waals surface area contributed by atoms with Crippen molar-refractivity contribution >= 4 is 11.6 Å². The van der Waals surface area contributed by atoms with Crippen molar-refractivity contribution in [2.24, 2.45) is 0 Å². The number of ether oxygens (including phenoxy) is 1. The maximum Gasteiger partial charge on any atom is 0.261 e. The lowest BCUT2D eigenvalue weighted by molar-refractivity contribution is 0.0188. The van der Waals surface area contributed by atoms with E-state index < -0.39 is 13.0 Å². The van der Waals surface area contributed by atoms with Crippen LogP contribution in [0, 0.1) is 6.92 Å². The Morgan fingerprint density at radius 2 is 2.15 bits per heavy atom. The summed E-state index contributed by atoms with van der Waals surface area (Å²) in [5, 5.41) is 5.80. The number of amides is 1. The van der Waals surface area contributed by atoms with Gasteiger partial charge in [-0.2, -0.15) is 0 Å². The van der Waals surface area contributed by atoms with Gasteiger partial charge in [0.1, 0.15) is 6.61 Å². The molecule has 0 bridgehead atoms. The molecular formula is C14H20F2N2O2. The van der Waals surface area contributed by atoms with Gasteiger partial charge in [-0.15, -0.1) is 0 Å². The van der Waals surface area contributed by atoms with Gasteiger partial charge in [-0.1, -0.05) is 0 Å². The first-order valence-corrected chi connectivity index (χ1v) is 6.53. The highest BCUT2D eigenvalue weighted by Crippen LogP contribution is 2.14. The fraction of sp³-hybridized carbons (Fsp3) is 0.500. The van der Waals surface area contributed by atoms with Gasteiger partial charge in [0.2, 0.25) is 0 Å². The Morgan fingerprint density at radius 1 is 1.40 bits per heavy atom. The van der Waals surface area contributed by atoms with Gasteiger partial charge in [-0.3, -0.25) is 4.79 Å². The van der Waals surface area contributed by atoms with Gasteiger partial charge in [-0.25, -0.2) is 8.78 Å². The molecule has 0 aliphatic rings.